The molecule has 3 aromatic carbocycles. The molecule has 0 bridgehead atoms. The van der Waals surface area contributed by atoms with Gasteiger partial charge in [-0.1, -0.05) is 104 Å². The molecule has 0 amide bonds. The second-order valence-corrected chi connectivity index (χ2v) is 11.4. The maximum Gasteiger partial charge on any atom is 0.162 e. The van der Waals surface area contributed by atoms with E-state index < -0.39 is 22.9 Å². The van der Waals surface area contributed by atoms with E-state index in [1.54, 1.807) is 0 Å². The summed E-state index contributed by atoms with van der Waals surface area (Å²) in [6.07, 6.45) is 1.83. The fourth-order valence-electron chi connectivity index (χ4n) is 3.26. The van der Waals surface area contributed by atoms with Crippen LogP contribution in [0.4, 0.5) is 0 Å². The first kappa shape index (κ1) is 19.8. The van der Waals surface area contributed by atoms with Crippen LogP contribution in [0.25, 0.3) is 0 Å². The van der Waals surface area contributed by atoms with E-state index in [4.69, 9.17) is 0 Å². The molecule has 140 valence electrons. The Morgan fingerprint density at radius 2 is 1.22 bits per heavy atom. The largest absolute Gasteiger partial charge is 0.312 e. The summed E-state index contributed by atoms with van der Waals surface area (Å²) in [6.45, 7) is 2.09. The monoisotopic (exact) mass is 396 g/mol. The molecule has 0 saturated carbocycles. The van der Waals surface area contributed by atoms with Crippen LogP contribution in [-0.4, -0.2) is 9.96 Å². The lowest BCUT2D eigenvalue weighted by atomic mass is 10.2. The van der Waals surface area contributed by atoms with E-state index in [2.05, 4.69) is 6.92 Å². The van der Waals surface area contributed by atoms with Gasteiger partial charge in [-0.05, 0) is 12.0 Å². The van der Waals surface area contributed by atoms with Gasteiger partial charge in [-0.3, -0.25) is 4.21 Å². The van der Waals surface area contributed by atoms with Gasteiger partial charge in [0.25, 0.3) is 0 Å². The molecule has 0 fully saturated rings. The first-order valence-corrected chi connectivity index (χ1v) is 12.5. The summed E-state index contributed by atoms with van der Waals surface area (Å²) in [5.74, 6) is 0.555. The predicted molar refractivity (Wildman–Crippen MR) is 117 cm³/mol. The molecule has 0 saturated heterocycles. The van der Waals surface area contributed by atoms with Crippen molar-refractivity contribution in [3.8, 4) is 0 Å². The maximum absolute atomic E-state index is 14.7. The van der Waals surface area contributed by atoms with Crippen molar-refractivity contribution in [2.24, 2.45) is 0 Å². The Morgan fingerprint density at radius 1 is 0.778 bits per heavy atom. The summed E-state index contributed by atoms with van der Waals surface area (Å²) in [5, 5.41) is 1.52. The molecular formula is C23H25O2PS. The molecule has 0 unspecified atom stereocenters. The maximum atomic E-state index is 14.7. The summed E-state index contributed by atoms with van der Waals surface area (Å²) in [6, 6.07) is 28.8. The summed E-state index contributed by atoms with van der Waals surface area (Å²) in [5.41, 5.74) is 0.878. The Morgan fingerprint density at radius 3 is 1.67 bits per heavy atom. The topological polar surface area (TPSA) is 34.1 Å². The smallest absolute Gasteiger partial charge is 0.162 e. The standard InChI is InChI=1S/C23H25O2PS/c1-2-3-19-27(25)23(20-13-7-4-8-14-20)26(24,21-15-9-5-10-16-21)22-17-11-6-12-18-22/h4-18,23H,2-3,19H2,1H3/t23-,27-/m0/s1. The Labute approximate surface area is 164 Å². The zero-order chi connectivity index (χ0) is 19.1. The van der Waals surface area contributed by atoms with Gasteiger partial charge in [0.15, 0.2) is 7.14 Å². The molecule has 2 atom stereocenters. The van der Waals surface area contributed by atoms with E-state index >= 15 is 0 Å². The van der Waals surface area contributed by atoms with E-state index in [-0.39, 0.29) is 0 Å². The van der Waals surface area contributed by atoms with E-state index in [0.717, 1.165) is 29.0 Å². The van der Waals surface area contributed by atoms with Crippen LogP contribution in [0.5, 0.6) is 0 Å². The van der Waals surface area contributed by atoms with Gasteiger partial charge in [-0.25, -0.2) is 0 Å². The molecule has 0 aliphatic carbocycles. The summed E-state index contributed by atoms with van der Waals surface area (Å²) in [4.78, 5) is -0.546. The Balaban J connectivity index is 2.23. The normalized spacial score (nSPS) is 13.8. The summed E-state index contributed by atoms with van der Waals surface area (Å²) >= 11 is 0. The van der Waals surface area contributed by atoms with E-state index in [9.17, 15) is 8.77 Å². The molecule has 0 aliphatic heterocycles. The average molecular weight is 396 g/mol. The molecule has 0 aromatic heterocycles. The highest BCUT2D eigenvalue weighted by Crippen LogP contribution is 2.58. The van der Waals surface area contributed by atoms with Crippen LogP contribution in [0.1, 0.15) is 30.3 Å². The highest BCUT2D eigenvalue weighted by molar-refractivity contribution is 7.98. The molecule has 0 spiro atoms. The highest BCUT2D eigenvalue weighted by Gasteiger charge is 2.41. The molecular weight excluding hydrogens is 371 g/mol. The fourth-order valence-corrected chi connectivity index (χ4v) is 9.55. The molecule has 0 aliphatic rings. The zero-order valence-electron chi connectivity index (χ0n) is 15.5. The van der Waals surface area contributed by atoms with Gasteiger partial charge in [0.05, 0.1) is 0 Å². The SMILES string of the molecule is CCCC[S@](=O)[C@@H](c1ccccc1)P(=O)(c1ccccc1)c1ccccc1. The Bertz CT molecular complexity index is 867. The van der Waals surface area contributed by atoms with Crippen molar-refractivity contribution < 1.29 is 8.77 Å². The molecule has 3 aromatic rings. The molecule has 0 radical (unpaired) electrons. The third-order valence-electron chi connectivity index (χ3n) is 4.64. The van der Waals surface area contributed by atoms with Crippen LogP contribution < -0.4 is 10.6 Å². The minimum atomic E-state index is -3.15. The molecule has 3 rings (SSSR count). The van der Waals surface area contributed by atoms with Crippen molar-refractivity contribution in [1.29, 1.82) is 0 Å². The van der Waals surface area contributed by atoms with Gasteiger partial charge in [0.1, 0.15) is 4.99 Å². The van der Waals surface area contributed by atoms with Gasteiger partial charge in [-0.2, -0.15) is 0 Å². The van der Waals surface area contributed by atoms with Crippen LogP contribution in [0, 0.1) is 0 Å². The van der Waals surface area contributed by atoms with Crippen molar-refractivity contribution in [1.82, 2.24) is 0 Å². The van der Waals surface area contributed by atoms with Gasteiger partial charge < -0.3 is 4.57 Å². The first-order valence-electron chi connectivity index (χ1n) is 9.31. The highest BCUT2D eigenvalue weighted by atomic mass is 32.2. The summed E-state index contributed by atoms with van der Waals surface area (Å²) < 4.78 is 28.2. The lowest BCUT2D eigenvalue weighted by molar-refractivity contribution is 0.584. The molecule has 27 heavy (non-hydrogen) atoms. The number of hydrogen-bond acceptors (Lipinski definition) is 2. The molecule has 2 nitrogen and oxygen atoms in total. The van der Waals surface area contributed by atoms with Gasteiger partial charge >= 0.3 is 0 Å². The van der Waals surface area contributed by atoms with Crippen LogP contribution in [0.3, 0.4) is 0 Å². The third kappa shape index (κ3) is 4.31. The lowest BCUT2D eigenvalue weighted by Gasteiger charge is -2.28. The average Bonchev–Trinajstić information content (AvgIpc) is 2.74. The van der Waals surface area contributed by atoms with Crippen molar-refractivity contribution in [2.45, 2.75) is 24.8 Å². The van der Waals surface area contributed by atoms with Crippen LogP contribution in [-0.2, 0) is 15.4 Å². The Hall–Kier alpha value is -1.96. The molecule has 0 N–H and O–H groups in total. The van der Waals surface area contributed by atoms with E-state index in [1.807, 2.05) is 91.0 Å². The minimum Gasteiger partial charge on any atom is -0.312 e. The predicted octanol–water partition coefficient (Wildman–Crippen LogP) is 5.25. The van der Waals surface area contributed by atoms with Crippen molar-refractivity contribution in [2.75, 3.05) is 5.75 Å². The van der Waals surface area contributed by atoms with Gasteiger partial charge in [0.2, 0.25) is 0 Å². The van der Waals surface area contributed by atoms with Crippen LogP contribution in [0.15, 0.2) is 91.0 Å². The lowest BCUT2D eigenvalue weighted by Crippen LogP contribution is -2.25. The fraction of sp³-hybridized carbons (Fsp3) is 0.217. The minimum absolute atomic E-state index is 0.546. The van der Waals surface area contributed by atoms with Crippen molar-refractivity contribution in [3.05, 3.63) is 96.6 Å². The van der Waals surface area contributed by atoms with Gasteiger partial charge in [0, 0.05) is 27.2 Å². The summed E-state index contributed by atoms with van der Waals surface area (Å²) in [7, 11) is -4.39. The van der Waals surface area contributed by atoms with E-state index in [1.165, 1.54) is 0 Å². The molecule has 0 heterocycles. The molecule has 4 heteroatoms. The number of unbranched alkanes of at least 4 members (excludes halogenated alkanes) is 1. The van der Waals surface area contributed by atoms with Crippen LogP contribution in [0.2, 0.25) is 0 Å². The van der Waals surface area contributed by atoms with Crippen molar-refractivity contribution >= 4 is 28.6 Å². The van der Waals surface area contributed by atoms with E-state index in [0.29, 0.717) is 5.75 Å². The quantitative estimate of drug-likeness (QED) is 0.488. The van der Waals surface area contributed by atoms with Gasteiger partial charge in [-0.15, -0.1) is 0 Å². The van der Waals surface area contributed by atoms with Crippen LogP contribution >= 0.6 is 7.14 Å². The second kappa shape index (κ2) is 9.30. The first-order chi connectivity index (χ1) is 13.2. The number of benzene rings is 3. The number of rotatable bonds is 8. The zero-order valence-corrected chi connectivity index (χ0v) is 17.2. The third-order valence-corrected chi connectivity index (χ3v) is 10.8. The van der Waals surface area contributed by atoms with Crippen molar-refractivity contribution in [3.63, 3.8) is 0 Å². The Kier molecular flexibility index (Phi) is 6.82. The second-order valence-electron chi connectivity index (χ2n) is 6.53. The number of hydrogen-bond donors (Lipinski definition) is 0.